The highest BCUT2D eigenvalue weighted by Gasteiger charge is 2.27. The lowest BCUT2D eigenvalue weighted by Gasteiger charge is -2.30. The van der Waals surface area contributed by atoms with Crippen molar-refractivity contribution in [2.24, 2.45) is 0 Å². The number of nitrogens with zero attached hydrogens (tertiary/aromatic N) is 1. The van der Waals surface area contributed by atoms with Crippen molar-refractivity contribution in [3.8, 4) is 0 Å². The normalized spacial score (nSPS) is 11.8. The molecule has 128 valence electrons. The summed E-state index contributed by atoms with van der Waals surface area (Å²) >= 11 is 0. The molecular weight excluding hydrogens is 288 g/mol. The van der Waals surface area contributed by atoms with Crippen molar-refractivity contribution in [1.82, 2.24) is 10.2 Å². The largest absolute Gasteiger partial charge is 0.354 e. The number of carbonyl (C=O) groups is 2. The van der Waals surface area contributed by atoms with E-state index in [9.17, 15) is 9.59 Å². The van der Waals surface area contributed by atoms with Gasteiger partial charge in [-0.15, -0.1) is 0 Å². The maximum atomic E-state index is 12.5. The van der Waals surface area contributed by atoms with Crippen molar-refractivity contribution in [3.63, 3.8) is 0 Å². The van der Waals surface area contributed by atoms with Crippen molar-refractivity contribution in [2.45, 2.75) is 66.0 Å². The van der Waals surface area contributed by atoms with Gasteiger partial charge in [0.05, 0.1) is 0 Å². The third-order valence-electron chi connectivity index (χ3n) is 3.87. The van der Waals surface area contributed by atoms with Crippen LogP contribution in [0.3, 0.4) is 0 Å². The van der Waals surface area contributed by atoms with Gasteiger partial charge in [-0.1, -0.05) is 50.6 Å². The SMILES string of the molecule is CCCNC(=O)[C@H](CC)N(Cc1ccc(C)cc1)C(=O)CCC. The van der Waals surface area contributed by atoms with Gasteiger partial charge in [-0.25, -0.2) is 0 Å². The van der Waals surface area contributed by atoms with Crippen LogP contribution in [0, 0.1) is 6.92 Å². The molecule has 2 amide bonds. The fourth-order valence-corrected chi connectivity index (χ4v) is 2.53. The van der Waals surface area contributed by atoms with E-state index >= 15 is 0 Å². The highest BCUT2D eigenvalue weighted by atomic mass is 16.2. The molecule has 1 N–H and O–H groups in total. The first-order valence-corrected chi connectivity index (χ1v) is 8.66. The monoisotopic (exact) mass is 318 g/mol. The van der Waals surface area contributed by atoms with Gasteiger partial charge < -0.3 is 10.2 Å². The average molecular weight is 318 g/mol. The van der Waals surface area contributed by atoms with Crippen LogP contribution in [0.25, 0.3) is 0 Å². The summed E-state index contributed by atoms with van der Waals surface area (Å²) in [6, 6.07) is 7.73. The standard InChI is InChI=1S/C19H30N2O2/c1-5-8-18(22)21(14-16-11-9-15(4)10-12-16)17(7-3)19(23)20-13-6-2/h9-12,17H,5-8,13-14H2,1-4H3,(H,20,23)/t17-/m0/s1. The van der Waals surface area contributed by atoms with Crippen LogP contribution >= 0.6 is 0 Å². The third kappa shape index (κ3) is 6.05. The maximum absolute atomic E-state index is 12.5. The molecule has 1 atom stereocenters. The van der Waals surface area contributed by atoms with E-state index in [-0.39, 0.29) is 11.8 Å². The molecule has 0 saturated carbocycles. The maximum Gasteiger partial charge on any atom is 0.242 e. The molecule has 0 saturated heterocycles. The molecule has 23 heavy (non-hydrogen) atoms. The van der Waals surface area contributed by atoms with E-state index in [1.807, 2.05) is 52.0 Å². The smallest absolute Gasteiger partial charge is 0.242 e. The van der Waals surface area contributed by atoms with Crippen LogP contribution in [0.1, 0.15) is 57.6 Å². The first-order valence-electron chi connectivity index (χ1n) is 8.66. The van der Waals surface area contributed by atoms with Gasteiger partial charge in [-0.2, -0.15) is 0 Å². The van der Waals surface area contributed by atoms with Gasteiger partial charge in [-0.05, 0) is 31.7 Å². The number of carbonyl (C=O) groups excluding carboxylic acids is 2. The van der Waals surface area contributed by atoms with Gasteiger partial charge >= 0.3 is 0 Å². The fourth-order valence-electron chi connectivity index (χ4n) is 2.53. The summed E-state index contributed by atoms with van der Waals surface area (Å²) in [5.41, 5.74) is 2.25. The minimum Gasteiger partial charge on any atom is -0.354 e. The molecule has 0 heterocycles. The zero-order chi connectivity index (χ0) is 17.2. The molecule has 0 aliphatic carbocycles. The molecule has 4 heteroatoms. The Balaban J connectivity index is 2.94. The second kappa shape index (κ2) is 10.0. The summed E-state index contributed by atoms with van der Waals surface area (Å²) in [6.45, 7) is 9.13. The van der Waals surface area contributed by atoms with Crippen LogP contribution in [-0.2, 0) is 16.1 Å². The topological polar surface area (TPSA) is 49.4 Å². The number of rotatable bonds is 9. The quantitative estimate of drug-likeness (QED) is 0.758. The zero-order valence-electron chi connectivity index (χ0n) is 14.9. The lowest BCUT2D eigenvalue weighted by Crippen LogP contribution is -2.49. The van der Waals surface area contributed by atoms with Gasteiger partial charge in [0, 0.05) is 19.5 Å². The van der Waals surface area contributed by atoms with Crippen molar-refractivity contribution in [2.75, 3.05) is 6.54 Å². The number of benzene rings is 1. The summed E-state index contributed by atoms with van der Waals surface area (Å²) in [6.07, 6.45) is 2.78. The van der Waals surface area contributed by atoms with Crippen molar-refractivity contribution < 1.29 is 9.59 Å². The molecule has 0 bridgehead atoms. The molecule has 0 fully saturated rings. The lowest BCUT2D eigenvalue weighted by molar-refractivity contribution is -0.141. The predicted octanol–water partition coefficient (Wildman–Crippen LogP) is 3.43. The number of hydrogen-bond donors (Lipinski definition) is 1. The van der Waals surface area contributed by atoms with Crippen LogP contribution in [-0.4, -0.2) is 29.3 Å². The number of amides is 2. The molecule has 0 spiro atoms. The number of nitrogens with one attached hydrogen (secondary N) is 1. The molecule has 1 rings (SSSR count). The average Bonchev–Trinajstić information content (AvgIpc) is 2.54. The van der Waals surface area contributed by atoms with Crippen molar-refractivity contribution in [3.05, 3.63) is 35.4 Å². The molecule has 1 aromatic rings. The Bertz CT molecular complexity index is 497. The van der Waals surface area contributed by atoms with E-state index in [0.717, 1.165) is 18.4 Å². The minimum atomic E-state index is -0.401. The third-order valence-corrected chi connectivity index (χ3v) is 3.87. The fraction of sp³-hybridized carbons (Fsp3) is 0.579. The van der Waals surface area contributed by atoms with Crippen LogP contribution in [0.15, 0.2) is 24.3 Å². The molecule has 0 unspecified atom stereocenters. The summed E-state index contributed by atoms with van der Waals surface area (Å²) < 4.78 is 0. The van der Waals surface area contributed by atoms with Crippen molar-refractivity contribution in [1.29, 1.82) is 0 Å². The Morgan fingerprint density at radius 2 is 1.74 bits per heavy atom. The summed E-state index contributed by atoms with van der Waals surface area (Å²) in [4.78, 5) is 26.7. The highest BCUT2D eigenvalue weighted by molar-refractivity contribution is 5.87. The van der Waals surface area contributed by atoms with Gasteiger partial charge in [0.25, 0.3) is 0 Å². The summed E-state index contributed by atoms with van der Waals surface area (Å²) in [5.74, 6) is -0.00233. The van der Waals surface area contributed by atoms with E-state index in [4.69, 9.17) is 0 Å². The molecule has 1 aromatic carbocycles. The molecule has 4 nitrogen and oxygen atoms in total. The number of aryl methyl sites for hydroxylation is 1. The second-order valence-electron chi connectivity index (χ2n) is 5.97. The molecule has 0 aliphatic rings. The van der Waals surface area contributed by atoms with Crippen LogP contribution in [0.2, 0.25) is 0 Å². The van der Waals surface area contributed by atoms with Gasteiger partial charge in [0.15, 0.2) is 0 Å². The lowest BCUT2D eigenvalue weighted by atomic mass is 10.1. The Labute approximate surface area is 140 Å². The predicted molar refractivity (Wildman–Crippen MR) is 94.0 cm³/mol. The van der Waals surface area contributed by atoms with Crippen molar-refractivity contribution >= 4 is 11.8 Å². The Morgan fingerprint density at radius 1 is 1.09 bits per heavy atom. The van der Waals surface area contributed by atoms with E-state index < -0.39 is 6.04 Å². The van der Waals surface area contributed by atoms with E-state index in [1.54, 1.807) is 4.90 Å². The molecule has 0 radical (unpaired) electrons. The molecule has 0 aromatic heterocycles. The van der Waals surface area contributed by atoms with E-state index in [1.165, 1.54) is 5.56 Å². The van der Waals surface area contributed by atoms with Gasteiger partial charge in [-0.3, -0.25) is 9.59 Å². The van der Waals surface area contributed by atoms with E-state index in [0.29, 0.717) is 25.9 Å². The van der Waals surface area contributed by atoms with Gasteiger partial charge in [0.2, 0.25) is 11.8 Å². The Hall–Kier alpha value is -1.84. The molecule has 0 aliphatic heterocycles. The number of hydrogen-bond acceptors (Lipinski definition) is 2. The Morgan fingerprint density at radius 3 is 2.26 bits per heavy atom. The second-order valence-corrected chi connectivity index (χ2v) is 5.97. The first-order chi connectivity index (χ1) is 11.0. The highest BCUT2D eigenvalue weighted by Crippen LogP contribution is 2.15. The van der Waals surface area contributed by atoms with Crippen LogP contribution < -0.4 is 5.32 Å². The zero-order valence-corrected chi connectivity index (χ0v) is 14.9. The Kier molecular flexibility index (Phi) is 8.38. The van der Waals surface area contributed by atoms with E-state index in [2.05, 4.69) is 5.32 Å². The summed E-state index contributed by atoms with van der Waals surface area (Å²) in [7, 11) is 0. The minimum absolute atomic E-state index is 0.0478. The summed E-state index contributed by atoms with van der Waals surface area (Å²) in [5, 5.41) is 2.92. The molecular formula is C19H30N2O2. The first kappa shape index (κ1) is 19.2. The van der Waals surface area contributed by atoms with Crippen LogP contribution in [0.4, 0.5) is 0 Å². The van der Waals surface area contributed by atoms with Crippen LogP contribution in [0.5, 0.6) is 0 Å². The van der Waals surface area contributed by atoms with Gasteiger partial charge in [0.1, 0.15) is 6.04 Å².